The average Bonchev–Trinajstić information content (AvgIpc) is 2.57. The number of nitrogens with one attached hydrogen (secondary N) is 1. The normalized spacial score (nSPS) is 10.6. The van der Waals surface area contributed by atoms with Crippen molar-refractivity contribution in [3.05, 3.63) is 0 Å². The van der Waals surface area contributed by atoms with E-state index in [1.165, 1.54) is 83.5 Å². The van der Waals surface area contributed by atoms with Gasteiger partial charge in [-0.3, -0.25) is 0 Å². The number of amides is 2. The second-order valence-corrected chi connectivity index (χ2v) is 6.87. The summed E-state index contributed by atoms with van der Waals surface area (Å²) in [7, 11) is 0. The lowest BCUT2D eigenvalue weighted by molar-refractivity contribution is 0.138. The van der Waals surface area contributed by atoms with Crippen LogP contribution in [0.5, 0.6) is 0 Å². The second kappa shape index (κ2) is 19.1. The average molecular weight is 358 g/mol. The van der Waals surface area contributed by atoms with Gasteiger partial charge < -0.3 is 9.84 Å². The minimum Gasteiger partial charge on any atom is -0.465 e. The predicted molar refractivity (Wildman–Crippen MR) is 102 cm³/mol. The molecule has 5 nitrogen and oxygen atoms in total. The molecular weight excluding hydrogens is 318 g/mol. The highest BCUT2D eigenvalue weighted by Gasteiger charge is 2.05. The van der Waals surface area contributed by atoms with Gasteiger partial charge in [0.05, 0.1) is 6.61 Å². The van der Waals surface area contributed by atoms with Crippen molar-refractivity contribution in [3.8, 4) is 0 Å². The number of rotatable bonds is 17. The highest BCUT2D eigenvalue weighted by Crippen LogP contribution is 2.13. The van der Waals surface area contributed by atoms with Crippen molar-refractivity contribution < 1.29 is 19.4 Å². The summed E-state index contributed by atoms with van der Waals surface area (Å²) >= 11 is 0. The Hall–Kier alpha value is -1.26. The highest BCUT2D eigenvalue weighted by atomic mass is 16.6. The van der Waals surface area contributed by atoms with E-state index in [9.17, 15) is 9.59 Å². The van der Waals surface area contributed by atoms with Crippen molar-refractivity contribution in [1.82, 2.24) is 5.32 Å². The lowest BCUT2D eigenvalue weighted by Crippen LogP contribution is -2.29. The summed E-state index contributed by atoms with van der Waals surface area (Å²) in [6, 6.07) is 0. The quantitative estimate of drug-likeness (QED) is 0.286. The molecule has 2 N–H and O–H groups in total. The van der Waals surface area contributed by atoms with Crippen LogP contribution in [-0.2, 0) is 4.74 Å². The first-order valence-corrected chi connectivity index (χ1v) is 10.3. The number of hydrogen-bond acceptors (Lipinski definition) is 3. The number of ether oxygens (including phenoxy) is 1. The molecule has 0 aliphatic rings. The van der Waals surface area contributed by atoms with Gasteiger partial charge in [0.15, 0.2) is 0 Å². The summed E-state index contributed by atoms with van der Waals surface area (Å²) < 4.78 is 4.74. The molecule has 5 heteroatoms. The summed E-state index contributed by atoms with van der Waals surface area (Å²) in [5.41, 5.74) is 0. The number of hydrogen-bond donors (Lipinski definition) is 2. The number of alkyl carbamates (subject to hydrolysis) is 1. The maximum absolute atomic E-state index is 10.9. The molecule has 0 fully saturated rings. The Morgan fingerprint density at radius 3 is 1.40 bits per heavy atom. The number of carboxylic acid groups (broad SMARTS) is 1. The third-order valence-corrected chi connectivity index (χ3v) is 4.44. The second-order valence-electron chi connectivity index (χ2n) is 6.87. The standard InChI is InChI=1S/C20H39NO4/c1-2-3-4-5-6-7-8-9-10-11-12-13-14-15-16-17-18-25-20(24)21-19(22)23/h2-18H2,1H3,(H,21,24)(H,22,23). The molecule has 0 aromatic heterocycles. The van der Waals surface area contributed by atoms with Gasteiger partial charge in [-0.2, -0.15) is 0 Å². The van der Waals surface area contributed by atoms with Crippen LogP contribution in [0.2, 0.25) is 0 Å². The molecular formula is C20H39NO4. The summed E-state index contributed by atoms with van der Waals surface area (Å²) in [5.74, 6) is 0. The largest absolute Gasteiger partial charge is 0.465 e. The van der Waals surface area contributed by atoms with Crippen LogP contribution in [-0.4, -0.2) is 23.9 Å². The van der Waals surface area contributed by atoms with Gasteiger partial charge >= 0.3 is 12.2 Å². The molecule has 0 unspecified atom stereocenters. The molecule has 0 aromatic carbocycles. The molecule has 0 heterocycles. The molecule has 0 radical (unpaired) electrons. The van der Waals surface area contributed by atoms with E-state index in [-0.39, 0.29) is 6.61 Å². The van der Waals surface area contributed by atoms with Gasteiger partial charge in [0, 0.05) is 0 Å². The first kappa shape index (κ1) is 23.7. The van der Waals surface area contributed by atoms with Gasteiger partial charge in [0.25, 0.3) is 0 Å². The zero-order valence-corrected chi connectivity index (χ0v) is 16.2. The highest BCUT2D eigenvalue weighted by molar-refractivity contribution is 5.86. The first-order valence-electron chi connectivity index (χ1n) is 10.3. The summed E-state index contributed by atoms with van der Waals surface area (Å²) in [4.78, 5) is 21.1. The smallest absolute Gasteiger partial charge is 0.416 e. The summed E-state index contributed by atoms with van der Waals surface area (Å²) in [5, 5.41) is 9.97. The fourth-order valence-corrected chi connectivity index (χ4v) is 2.94. The monoisotopic (exact) mass is 357 g/mol. The molecule has 25 heavy (non-hydrogen) atoms. The van der Waals surface area contributed by atoms with E-state index >= 15 is 0 Å². The number of carbonyl (C=O) groups is 2. The van der Waals surface area contributed by atoms with E-state index in [0.717, 1.165) is 19.3 Å². The van der Waals surface area contributed by atoms with E-state index in [0.29, 0.717) is 0 Å². The fraction of sp³-hybridized carbons (Fsp3) is 0.900. The zero-order chi connectivity index (χ0) is 18.6. The molecule has 0 aliphatic carbocycles. The van der Waals surface area contributed by atoms with Crippen LogP contribution in [0.3, 0.4) is 0 Å². The summed E-state index contributed by atoms with van der Waals surface area (Å²) in [6.07, 6.45) is 18.5. The maximum atomic E-state index is 10.9. The molecule has 0 saturated heterocycles. The molecule has 0 atom stereocenters. The maximum Gasteiger partial charge on any atom is 0.416 e. The Morgan fingerprint density at radius 1 is 0.680 bits per heavy atom. The third-order valence-electron chi connectivity index (χ3n) is 4.44. The van der Waals surface area contributed by atoms with Gasteiger partial charge in [0.1, 0.15) is 0 Å². The van der Waals surface area contributed by atoms with Gasteiger partial charge in [-0.1, -0.05) is 103 Å². The van der Waals surface area contributed by atoms with Crippen LogP contribution in [0.15, 0.2) is 0 Å². The van der Waals surface area contributed by atoms with E-state index in [2.05, 4.69) is 6.92 Å². The predicted octanol–water partition coefficient (Wildman–Crippen LogP) is 6.65. The topological polar surface area (TPSA) is 75.6 Å². The van der Waals surface area contributed by atoms with Crippen LogP contribution in [0.4, 0.5) is 9.59 Å². The molecule has 0 bridgehead atoms. The molecule has 0 aliphatic heterocycles. The fourth-order valence-electron chi connectivity index (χ4n) is 2.94. The van der Waals surface area contributed by atoms with Crippen molar-refractivity contribution in [2.45, 2.75) is 110 Å². The minimum absolute atomic E-state index is 0.289. The number of carbonyl (C=O) groups excluding carboxylic acids is 1. The Bertz CT molecular complexity index is 321. The van der Waals surface area contributed by atoms with Crippen LogP contribution < -0.4 is 5.32 Å². The van der Waals surface area contributed by atoms with Crippen molar-refractivity contribution in [3.63, 3.8) is 0 Å². The number of imide groups is 1. The van der Waals surface area contributed by atoms with Crippen LogP contribution in [0, 0.1) is 0 Å². The van der Waals surface area contributed by atoms with Crippen LogP contribution in [0.25, 0.3) is 0 Å². The Kier molecular flexibility index (Phi) is 18.1. The van der Waals surface area contributed by atoms with Gasteiger partial charge in [0.2, 0.25) is 0 Å². The third kappa shape index (κ3) is 20.7. The lowest BCUT2D eigenvalue weighted by atomic mass is 10.0. The Labute approximate surface area is 153 Å². The Balaban J connectivity index is 3.07. The Morgan fingerprint density at radius 2 is 1.04 bits per heavy atom. The van der Waals surface area contributed by atoms with Crippen LogP contribution >= 0.6 is 0 Å². The van der Waals surface area contributed by atoms with Gasteiger partial charge in [-0.25, -0.2) is 14.9 Å². The van der Waals surface area contributed by atoms with Crippen molar-refractivity contribution >= 4 is 12.2 Å². The molecule has 2 amide bonds. The number of unbranched alkanes of at least 4 members (excludes halogenated alkanes) is 15. The van der Waals surface area contributed by atoms with Crippen molar-refractivity contribution in [1.29, 1.82) is 0 Å². The van der Waals surface area contributed by atoms with Gasteiger partial charge in [-0.05, 0) is 6.42 Å². The SMILES string of the molecule is CCCCCCCCCCCCCCCCCCOC(=O)NC(=O)O. The van der Waals surface area contributed by atoms with E-state index in [4.69, 9.17) is 9.84 Å². The molecule has 148 valence electrons. The zero-order valence-electron chi connectivity index (χ0n) is 16.2. The van der Waals surface area contributed by atoms with Crippen molar-refractivity contribution in [2.75, 3.05) is 6.61 Å². The molecule has 0 aromatic rings. The molecule has 0 spiro atoms. The lowest BCUT2D eigenvalue weighted by Gasteiger charge is -2.04. The molecule has 0 saturated carbocycles. The minimum atomic E-state index is -1.38. The van der Waals surface area contributed by atoms with Crippen LogP contribution in [0.1, 0.15) is 110 Å². The van der Waals surface area contributed by atoms with Crippen molar-refractivity contribution in [2.24, 2.45) is 0 Å². The molecule has 0 rings (SSSR count). The first-order chi connectivity index (χ1) is 12.2. The summed E-state index contributed by atoms with van der Waals surface area (Å²) in [6.45, 7) is 2.55. The van der Waals surface area contributed by atoms with E-state index in [1.54, 1.807) is 5.32 Å². The van der Waals surface area contributed by atoms with Gasteiger partial charge in [-0.15, -0.1) is 0 Å². The van der Waals surface area contributed by atoms with E-state index in [1.807, 2.05) is 0 Å². The van der Waals surface area contributed by atoms with E-state index < -0.39 is 12.2 Å².